The Bertz CT molecular complexity index is 927. The van der Waals surface area contributed by atoms with E-state index in [0.717, 1.165) is 42.1 Å². The number of ether oxygens (including phenoxy) is 1. The molecule has 1 aromatic heterocycles. The summed E-state index contributed by atoms with van der Waals surface area (Å²) in [6.07, 6.45) is 6.73. The van der Waals surface area contributed by atoms with Crippen LogP contribution >= 0.6 is 23.1 Å². The van der Waals surface area contributed by atoms with Crippen molar-refractivity contribution in [1.82, 2.24) is 9.88 Å². The summed E-state index contributed by atoms with van der Waals surface area (Å²) in [6, 6.07) is 9.81. The number of urea groups is 1. The highest BCUT2D eigenvalue weighted by molar-refractivity contribution is 8.01. The van der Waals surface area contributed by atoms with E-state index in [4.69, 9.17) is 4.74 Å². The molecule has 0 bridgehead atoms. The molecule has 0 unspecified atom stereocenters. The molecule has 0 atom stereocenters. The number of benzene rings is 1. The van der Waals surface area contributed by atoms with Gasteiger partial charge in [-0.05, 0) is 64.0 Å². The second-order valence-electron chi connectivity index (χ2n) is 9.51. The largest absolute Gasteiger partial charge is 0.494 e. The molecule has 34 heavy (non-hydrogen) atoms. The summed E-state index contributed by atoms with van der Waals surface area (Å²) in [5.41, 5.74) is -0.825. The van der Waals surface area contributed by atoms with Crippen LogP contribution in [0.15, 0.2) is 40.7 Å². The normalized spacial score (nSPS) is 18.3. The summed E-state index contributed by atoms with van der Waals surface area (Å²) >= 11 is 2.83. The Hall–Kier alpha value is -2.26. The van der Waals surface area contributed by atoms with E-state index in [1.54, 1.807) is 20.0 Å². The van der Waals surface area contributed by atoms with Crippen LogP contribution in [0.3, 0.4) is 0 Å². The highest BCUT2D eigenvalue weighted by Crippen LogP contribution is 2.34. The number of amides is 2. The van der Waals surface area contributed by atoms with Crippen LogP contribution in [0.25, 0.3) is 0 Å². The predicted molar refractivity (Wildman–Crippen MR) is 138 cm³/mol. The number of aromatic nitrogens is 1. The van der Waals surface area contributed by atoms with Crippen molar-refractivity contribution in [2.75, 3.05) is 24.2 Å². The zero-order chi connectivity index (χ0) is 24.6. The average molecular weight is 506 g/mol. The fraction of sp³-hybridized carbons (Fsp3) is 0.560. The van der Waals surface area contributed by atoms with Gasteiger partial charge in [0.05, 0.1) is 22.4 Å². The Morgan fingerprint density at radius 1 is 1.24 bits per heavy atom. The Balaban J connectivity index is 1.56. The minimum absolute atomic E-state index is 0.129. The maximum atomic E-state index is 13.2. The Morgan fingerprint density at radius 2 is 1.94 bits per heavy atom. The summed E-state index contributed by atoms with van der Waals surface area (Å²) < 4.78 is 6.71. The summed E-state index contributed by atoms with van der Waals surface area (Å²) in [7, 11) is 0. The van der Waals surface area contributed by atoms with Crippen molar-refractivity contribution in [3.63, 3.8) is 0 Å². The van der Waals surface area contributed by atoms with Gasteiger partial charge in [0.15, 0.2) is 5.13 Å². The fourth-order valence-electron chi connectivity index (χ4n) is 3.81. The molecule has 1 saturated carbocycles. The molecule has 7 nitrogen and oxygen atoms in total. The summed E-state index contributed by atoms with van der Waals surface area (Å²) in [5.74, 6) is 1.15. The number of rotatable bonds is 11. The van der Waals surface area contributed by atoms with Gasteiger partial charge in [0.25, 0.3) is 0 Å². The molecule has 0 saturated heterocycles. The van der Waals surface area contributed by atoms with Crippen LogP contribution in [-0.4, -0.2) is 51.9 Å². The quantitative estimate of drug-likeness (QED) is 0.278. The summed E-state index contributed by atoms with van der Waals surface area (Å²) in [6.45, 7) is 6.85. The van der Waals surface area contributed by atoms with E-state index in [1.807, 2.05) is 35.2 Å². The third kappa shape index (κ3) is 7.91. The van der Waals surface area contributed by atoms with Crippen molar-refractivity contribution in [3.05, 3.63) is 36.5 Å². The molecule has 0 spiro atoms. The van der Waals surface area contributed by atoms with Crippen molar-refractivity contribution in [2.24, 2.45) is 11.3 Å². The molecular formula is C25H35N3O4S2. The Morgan fingerprint density at radius 3 is 2.62 bits per heavy atom. The molecule has 1 fully saturated rings. The summed E-state index contributed by atoms with van der Waals surface area (Å²) in [5, 5.41) is 12.8. The van der Waals surface area contributed by atoms with Gasteiger partial charge in [0.1, 0.15) is 5.75 Å². The number of para-hydroxylation sites is 1. The second-order valence-corrected chi connectivity index (χ2v) is 11.8. The first-order valence-corrected chi connectivity index (χ1v) is 13.6. The van der Waals surface area contributed by atoms with Gasteiger partial charge in [-0.25, -0.2) is 9.78 Å². The lowest BCUT2D eigenvalue weighted by Crippen LogP contribution is -2.45. The van der Waals surface area contributed by atoms with E-state index in [2.05, 4.69) is 17.2 Å². The van der Waals surface area contributed by atoms with Crippen molar-refractivity contribution in [3.8, 4) is 5.75 Å². The highest BCUT2D eigenvalue weighted by atomic mass is 32.2. The molecule has 186 valence electrons. The molecule has 1 aliphatic carbocycles. The lowest BCUT2D eigenvalue weighted by atomic mass is 9.86. The first kappa shape index (κ1) is 26.3. The first-order valence-electron chi connectivity index (χ1n) is 11.8. The molecule has 0 aliphatic heterocycles. The number of nitrogens with one attached hydrogen (secondary N) is 1. The topological polar surface area (TPSA) is 91.8 Å². The lowest BCUT2D eigenvalue weighted by Gasteiger charge is -2.36. The van der Waals surface area contributed by atoms with Crippen LogP contribution in [0.4, 0.5) is 9.93 Å². The maximum Gasteiger partial charge on any atom is 0.323 e. The number of hydrogen-bond donors (Lipinski definition) is 2. The number of thiazole rings is 1. The van der Waals surface area contributed by atoms with Crippen molar-refractivity contribution in [1.29, 1.82) is 0 Å². The van der Waals surface area contributed by atoms with Gasteiger partial charge in [-0.1, -0.05) is 36.5 Å². The maximum absolute atomic E-state index is 13.2. The van der Waals surface area contributed by atoms with Gasteiger partial charge in [-0.15, -0.1) is 11.8 Å². The number of carboxylic acid groups (broad SMARTS) is 1. The Labute approximate surface area is 210 Å². The number of hydrogen-bond acceptors (Lipinski definition) is 6. The number of carbonyl (C=O) groups is 2. The van der Waals surface area contributed by atoms with Gasteiger partial charge in [-0.2, -0.15) is 0 Å². The van der Waals surface area contributed by atoms with E-state index in [1.165, 1.54) is 23.1 Å². The predicted octanol–water partition coefficient (Wildman–Crippen LogP) is 6.23. The minimum atomic E-state index is -0.827. The smallest absolute Gasteiger partial charge is 0.323 e. The van der Waals surface area contributed by atoms with E-state index < -0.39 is 11.4 Å². The third-order valence-electron chi connectivity index (χ3n) is 6.09. The number of carboxylic acids is 1. The molecule has 1 heterocycles. The number of carbonyl (C=O) groups excluding carboxylic acids is 1. The van der Waals surface area contributed by atoms with Crippen LogP contribution in [0.1, 0.15) is 52.9 Å². The molecular weight excluding hydrogens is 470 g/mol. The number of thioether (sulfide) groups is 1. The van der Waals surface area contributed by atoms with E-state index in [9.17, 15) is 14.7 Å². The lowest BCUT2D eigenvalue weighted by molar-refractivity contribution is -0.145. The third-order valence-corrected chi connectivity index (χ3v) is 8.66. The SMILES string of the molecule is CC1CCC(N(CCCOc2ccccc2)C(=O)Nc2ncc(SCC(C)(C)C(=O)O)s2)CC1. The second kappa shape index (κ2) is 12.4. The van der Waals surface area contributed by atoms with Crippen LogP contribution in [0, 0.1) is 11.3 Å². The number of nitrogens with zero attached hydrogens (tertiary/aromatic N) is 2. The highest BCUT2D eigenvalue weighted by Gasteiger charge is 2.29. The molecule has 2 aromatic rings. The monoisotopic (exact) mass is 505 g/mol. The van der Waals surface area contributed by atoms with Gasteiger partial charge in [-0.3, -0.25) is 10.1 Å². The Kier molecular flexibility index (Phi) is 9.64. The minimum Gasteiger partial charge on any atom is -0.494 e. The number of aliphatic carboxylic acids is 1. The molecule has 1 aromatic carbocycles. The van der Waals surface area contributed by atoms with Gasteiger partial charge < -0.3 is 14.7 Å². The molecule has 1 aliphatic rings. The van der Waals surface area contributed by atoms with Crippen LogP contribution in [0.2, 0.25) is 0 Å². The van der Waals surface area contributed by atoms with Gasteiger partial charge in [0, 0.05) is 18.3 Å². The van der Waals surface area contributed by atoms with Crippen molar-refractivity contribution >= 4 is 40.2 Å². The number of anilines is 1. The van der Waals surface area contributed by atoms with Crippen LogP contribution in [-0.2, 0) is 4.79 Å². The molecule has 0 radical (unpaired) electrons. The molecule has 3 rings (SSSR count). The fourth-order valence-corrected chi connectivity index (χ4v) is 5.75. The van der Waals surface area contributed by atoms with Crippen LogP contribution < -0.4 is 10.1 Å². The van der Waals surface area contributed by atoms with Gasteiger partial charge in [0.2, 0.25) is 0 Å². The first-order chi connectivity index (χ1) is 16.2. The molecule has 2 N–H and O–H groups in total. The van der Waals surface area contributed by atoms with E-state index in [0.29, 0.717) is 30.0 Å². The average Bonchev–Trinajstić information content (AvgIpc) is 3.26. The molecule has 2 amide bonds. The molecule has 9 heteroatoms. The summed E-state index contributed by atoms with van der Waals surface area (Å²) in [4.78, 5) is 30.9. The van der Waals surface area contributed by atoms with E-state index in [-0.39, 0.29) is 12.1 Å². The van der Waals surface area contributed by atoms with Gasteiger partial charge >= 0.3 is 12.0 Å². The standard InChI is InChI=1S/C25H35N3O4S2/c1-18-10-12-19(13-11-18)28(14-7-15-32-20-8-5-4-6-9-20)24(31)27-23-26-16-21(34-23)33-17-25(2,3)22(29)30/h4-6,8-9,16,18-19H,7,10-15,17H2,1-3H3,(H,29,30)(H,26,27,31). The van der Waals surface area contributed by atoms with Crippen LogP contribution in [0.5, 0.6) is 5.75 Å². The zero-order valence-electron chi connectivity index (χ0n) is 20.2. The van der Waals surface area contributed by atoms with Crippen molar-refractivity contribution < 1.29 is 19.4 Å². The zero-order valence-corrected chi connectivity index (χ0v) is 21.8. The van der Waals surface area contributed by atoms with E-state index >= 15 is 0 Å². The van der Waals surface area contributed by atoms with Crippen molar-refractivity contribution in [2.45, 2.75) is 63.1 Å².